The molecule has 2 atom stereocenters. The first kappa shape index (κ1) is 22.5. The van der Waals surface area contributed by atoms with E-state index in [1.54, 1.807) is 24.9 Å². The second-order valence-electron chi connectivity index (χ2n) is 8.88. The quantitative estimate of drug-likeness (QED) is 0.461. The van der Waals surface area contributed by atoms with Gasteiger partial charge in [-0.25, -0.2) is 19.6 Å². The molecular formula is C23H24F3N7O. The molecule has 4 aromatic heterocycles. The number of alkyl halides is 3. The van der Waals surface area contributed by atoms with E-state index in [0.717, 1.165) is 22.8 Å². The van der Waals surface area contributed by atoms with Gasteiger partial charge in [-0.1, -0.05) is 6.07 Å². The molecule has 0 spiro atoms. The number of aliphatic hydroxyl groups is 1. The number of likely N-dealkylation sites (tertiary alicyclic amines) is 1. The molecule has 1 saturated heterocycles. The number of halogens is 3. The molecule has 0 amide bonds. The number of hydrogen-bond donors (Lipinski definition) is 2. The fourth-order valence-corrected chi connectivity index (χ4v) is 4.65. The SMILES string of the molecule is CC(C)N1CCC([C@](O)(c2ccc(-n3cc(-c4ccnc5nc[nH]c45)cn3)nc2)C(F)(F)F)C1. The fourth-order valence-electron chi connectivity index (χ4n) is 4.65. The van der Waals surface area contributed by atoms with Gasteiger partial charge in [0.25, 0.3) is 0 Å². The Morgan fingerprint density at radius 2 is 1.94 bits per heavy atom. The number of pyridine rings is 2. The van der Waals surface area contributed by atoms with Crippen LogP contribution < -0.4 is 0 Å². The molecule has 1 fully saturated rings. The number of hydrogen-bond acceptors (Lipinski definition) is 6. The van der Waals surface area contributed by atoms with Crippen LogP contribution in [0.2, 0.25) is 0 Å². The zero-order valence-electron chi connectivity index (χ0n) is 18.7. The molecule has 4 aromatic rings. The Morgan fingerprint density at radius 3 is 2.62 bits per heavy atom. The van der Waals surface area contributed by atoms with Crippen LogP contribution in [0.15, 0.2) is 49.3 Å². The summed E-state index contributed by atoms with van der Waals surface area (Å²) in [5.41, 5.74) is -0.294. The normalized spacial score (nSPS) is 19.2. The standard InChI is InChI=1S/C23H24F3N7O/c1-14(2)32-8-6-17(12-32)22(34,23(24,25)26)16-3-4-19(28-10-16)33-11-15(9-31-33)18-5-7-27-21-20(18)29-13-30-21/h3-5,7,9-11,13-14,17,34H,6,8,12H2,1-2H3,(H,27,29,30)/t17?,22-/m1/s1. The van der Waals surface area contributed by atoms with Gasteiger partial charge in [-0.05, 0) is 38.9 Å². The maximum Gasteiger partial charge on any atom is 0.421 e. The van der Waals surface area contributed by atoms with Crippen LogP contribution in [0.25, 0.3) is 28.1 Å². The van der Waals surface area contributed by atoms with Crippen LogP contribution in [0.5, 0.6) is 0 Å². The number of rotatable bonds is 5. The van der Waals surface area contributed by atoms with Crippen molar-refractivity contribution in [3.63, 3.8) is 0 Å². The van der Waals surface area contributed by atoms with Gasteiger partial charge in [0.2, 0.25) is 0 Å². The number of H-pyrrole nitrogens is 1. The van der Waals surface area contributed by atoms with Gasteiger partial charge in [0, 0.05) is 53.8 Å². The van der Waals surface area contributed by atoms with E-state index in [2.05, 4.69) is 25.0 Å². The van der Waals surface area contributed by atoms with Crippen LogP contribution in [0.4, 0.5) is 13.2 Å². The lowest BCUT2D eigenvalue weighted by atomic mass is 9.80. The predicted octanol–water partition coefficient (Wildman–Crippen LogP) is 3.69. The first-order valence-corrected chi connectivity index (χ1v) is 11.0. The molecular weight excluding hydrogens is 447 g/mol. The van der Waals surface area contributed by atoms with E-state index in [0.29, 0.717) is 18.0 Å². The summed E-state index contributed by atoms with van der Waals surface area (Å²) in [6.07, 6.45) is 3.09. The fraction of sp³-hybridized carbons (Fsp3) is 0.391. The molecule has 1 aliphatic heterocycles. The van der Waals surface area contributed by atoms with Crippen LogP contribution in [0.3, 0.4) is 0 Å². The Balaban J connectivity index is 1.45. The van der Waals surface area contributed by atoms with E-state index >= 15 is 0 Å². The van der Waals surface area contributed by atoms with Gasteiger partial charge in [-0.15, -0.1) is 0 Å². The molecule has 0 aliphatic carbocycles. The summed E-state index contributed by atoms with van der Waals surface area (Å²) in [4.78, 5) is 17.5. The highest BCUT2D eigenvalue weighted by Gasteiger charge is 2.60. The average molecular weight is 471 g/mol. The zero-order valence-corrected chi connectivity index (χ0v) is 18.7. The summed E-state index contributed by atoms with van der Waals surface area (Å²) < 4.78 is 44.0. The number of fused-ring (bicyclic) bond motifs is 1. The van der Waals surface area contributed by atoms with Crippen LogP contribution in [-0.4, -0.2) is 65.0 Å². The third-order valence-electron chi connectivity index (χ3n) is 6.62. The zero-order chi connectivity index (χ0) is 24.1. The Kier molecular flexibility index (Phi) is 5.40. The largest absolute Gasteiger partial charge is 0.421 e. The molecule has 34 heavy (non-hydrogen) atoms. The molecule has 0 bridgehead atoms. The summed E-state index contributed by atoms with van der Waals surface area (Å²) in [6, 6.07) is 4.66. The lowest BCUT2D eigenvalue weighted by molar-refractivity contribution is -0.285. The van der Waals surface area contributed by atoms with Crippen molar-refractivity contribution in [2.75, 3.05) is 13.1 Å². The van der Waals surface area contributed by atoms with E-state index in [9.17, 15) is 18.3 Å². The summed E-state index contributed by atoms with van der Waals surface area (Å²) in [7, 11) is 0. The second-order valence-corrected chi connectivity index (χ2v) is 8.88. The molecule has 11 heteroatoms. The van der Waals surface area contributed by atoms with Gasteiger partial charge >= 0.3 is 6.18 Å². The molecule has 1 unspecified atom stereocenters. The Hall–Kier alpha value is -3.31. The van der Waals surface area contributed by atoms with Crippen LogP contribution in [0, 0.1) is 5.92 Å². The minimum absolute atomic E-state index is 0.111. The minimum atomic E-state index is -4.83. The van der Waals surface area contributed by atoms with Gasteiger partial charge in [-0.2, -0.15) is 18.3 Å². The van der Waals surface area contributed by atoms with Crippen molar-refractivity contribution in [2.45, 2.75) is 38.1 Å². The van der Waals surface area contributed by atoms with Crippen molar-refractivity contribution < 1.29 is 18.3 Å². The Morgan fingerprint density at radius 1 is 1.12 bits per heavy atom. The first-order chi connectivity index (χ1) is 16.2. The summed E-state index contributed by atoms with van der Waals surface area (Å²) in [5.74, 6) is -0.632. The molecule has 5 rings (SSSR count). The summed E-state index contributed by atoms with van der Waals surface area (Å²) in [6.45, 7) is 4.56. The van der Waals surface area contributed by atoms with Crippen molar-refractivity contribution in [2.24, 2.45) is 5.92 Å². The molecule has 0 saturated carbocycles. The molecule has 178 valence electrons. The van der Waals surface area contributed by atoms with Crippen molar-refractivity contribution >= 4 is 11.2 Å². The van der Waals surface area contributed by atoms with Crippen molar-refractivity contribution in [3.8, 4) is 16.9 Å². The van der Waals surface area contributed by atoms with E-state index in [1.807, 2.05) is 24.8 Å². The highest BCUT2D eigenvalue weighted by molar-refractivity contribution is 5.88. The third kappa shape index (κ3) is 3.64. The Labute approximate surface area is 193 Å². The van der Waals surface area contributed by atoms with Crippen LogP contribution in [0.1, 0.15) is 25.8 Å². The molecule has 8 nitrogen and oxygen atoms in total. The molecule has 2 N–H and O–H groups in total. The highest BCUT2D eigenvalue weighted by Crippen LogP contribution is 2.47. The van der Waals surface area contributed by atoms with Gasteiger partial charge in [-0.3, -0.25) is 0 Å². The Bertz CT molecular complexity index is 1300. The van der Waals surface area contributed by atoms with Crippen molar-refractivity contribution in [1.82, 2.24) is 34.6 Å². The van der Waals surface area contributed by atoms with E-state index in [1.165, 1.54) is 16.8 Å². The minimum Gasteiger partial charge on any atom is -0.376 e. The summed E-state index contributed by atoms with van der Waals surface area (Å²) >= 11 is 0. The monoisotopic (exact) mass is 471 g/mol. The van der Waals surface area contributed by atoms with Crippen LogP contribution >= 0.6 is 0 Å². The lowest BCUT2D eigenvalue weighted by Crippen LogP contribution is -2.49. The third-order valence-corrected chi connectivity index (χ3v) is 6.62. The first-order valence-electron chi connectivity index (χ1n) is 11.0. The van der Waals surface area contributed by atoms with Crippen LogP contribution in [-0.2, 0) is 5.60 Å². The second kappa shape index (κ2) is 8.17. The maximum absolute atomic E-state index is 14.2. The van der Waals surface area contributed by atoms with Crippen molar-refractivity contribution in [1.29, 1.82) is 0 Å². The number of aromatic nitrogens is 6. The van der Waals surface area contributed by atoms with Gasteiger partial charge in [0.15, 0.2) is 17.1 Å². The van der Waals surface area contributed by atoms with E-state index in [4.69, 9.17) is 0 Å². The number of imidazole rings is 1. The topological polar surface area (TPSA) is 95.8 Å². The maximum atomic E-state index is 14.2. The molecule has 0 radical (unpaired) electrons. The predicted molar refractivity (Wildman–Crippen MR) is 119 cm³/mol. The summed E-state index contributed by atoms with van der Waals surface area (Å²) in [5, 5.41) is 15.3. The van der Waals surface area contributed by atoms with Gasteiger partial charge in [0.05, 0.1) is 18.0 Å². The smallest absolute Gasteiger partial charge is 0.376 e. The molecule has 1 aliphatic rings. The van der Waals surface area contributed by atoms with Gasteiger partial charge < -0.3 is 15.0 Å². The molecule has 5 heterocycles. The molecule has 0 aromatic carbocycles. The lowest BCUT2D eigenvalue weighted by Gasteiger charge is -2.36. The van der Waals surface area contributed by atoms with Gasteiger partial charge in [0.1, 0.15) is 0 Å². The highest BCUT2D eigenvalue weighted by atomic mass is 19.4. The number of aromatic amines is 1. The van der Waals surface area contributed by atoms with Crippen molar-refractivity contribution in [3.05, 3.63) is 54.9 Å². The number of nitrogens with zero attached hydrogens (tertiary/aromatic N) is 6. The average Bonchev–Trinajstić information content (AvgIpc) is 3.58. The number of nitrogens with one attached hydrogen (secondary N) is 1. The van der Waals surface area contributed by atoms with E-state index < -0.39 is 17.7 Å². The van der Waals surface area contributed by atoms with E-state index in [-0.39, 0.29) is 24.6 Å².